The lowest BCUT2D eigenvalue weighted by Gasteiger charge is -2.24. The molecule has 1 aromatic rings. The molecule has 1 unspecified atom stereocenters. The predicted octanol–water partition coefficient (Wildman–Crippen LogP) is 1.93. The Hall–Kier alpha value is -1.80. The minimum Gasteiger partial charge on any atom is -0.480 e. The highest BCUT2D eigenvalue weighted by atomic mass is 79.9. The number of carbonyl (C=O) groups excluding carboxylic acids is 1. The Morgan fingerprint density at radius 2 is 2.35 bits per heavy atom. The van der Waals surface area contributed by atoms with E-state index in [9.17, 15) is 14.7 Å². The normalized spacial score (nSPS) is 19.7. The fraction of sp³-hybridized carbons (Fsp3) is 0.333. The number of aliphatic carboxylic acids is 1. The highest BCUT2D eigenvalue weighted by Gasteiger charge is 2.37. The topological polar surface area (TPSA) is 57.6 Å². The molecule has 2 rings (SSSR count). The zero-order valence-corrected chi connectivity index (χ0v) is 12.3. The van der Waals surface area contributed by atoms with Gasteiger partial charge in [0, 0.05) is 29.8 Å². The summed E-state index contributed by atoms with van der Waals surface area (Å²) in [6.07, 6.45) is 5.83. The standard InChI is InChI=1S/C15H14BrNO3/c1-2-10-8-14(18)17(9-10)13(15(19)20)7-11-4-3-5-12(16)6-11/h1,3-6,10,13H,7-9H2,(H,19,20)/t10?,13-/m0/s1. The van der Waals surface area contributed by atoms with E-state index < -0.39 is 12.0 Å². The van der Waals surface area contributed by atoms with Crippen molar-refractivity contribution in [3.8, 4) is 12.3 Å². The Morgan fingerprint density at radius 3 is 2.90 bits per heavy atom. The van der Waals surface area contributed by atoms with Crippen LogP contribution >= 0.6 is 15.9 Å². The van der Waals surface area contributed by atoms with Crippen LogP contribution in [0.4, 0.5) is 0 Å². The molecule has 104 valence electrons. The second-order valence-electron chi connectivity index (χ2n) is 4.80. The maximum absolute atomic E-state index is 11.9. The van der Waals surface area contributed by atoms with Gasteiger partial charge in [-0.3, -0.25) is 4.79 Å². The molecular formula is C15H14BrNO3. The third kappa shape index (κ3) is 3.20. The molecule has 0 aromatic heterocycles. The molecule has 1 amide bonds. The second-order valence-corrected chi connectivity index (χ2v) is 5.72. The van der Waals surface area contributed by atoms with Crippen molar-refractivity contribution in [2.75, 3.05) is 6.54 Å². The lowest BCUT2D eigenvalue weighted by atomic mass is 10.0. The minimum absolute atomic E-state index is 0.185. The van der Waals surface area contributed by atoms with Gasteiger partial charge in [0.15, 0.2) is 0 Å². The van der Waals surface area contributed by atoms with E-state index in [0.717, 1.165) is 10.0 Å². The quantitative estimate of drug-likeness (QED) is 0.855. The molecule has 1 saturated heterocycles. The molecule has 0 bridgehead atoms. The number of carboxylic acid groups (broad SMARTS) is 1. The number of benzene rings is 1. The number of rotatable bonds is 4. The van der Waals surface area contributed by atoms with E-state index in [4.69, 9.17) is 6.42 Å². The highest BCUT2D eigenvalue weighted by Crippen LogP contribution is 2.22. The van der Waals surface area contributed by atoms with E-state index in [-0.39, 0.29) is 24.7 Å². The SMILES string of the molecule is C#CC1CC(=O)N([C@@H](Cc2cccc(Br)c2)C(=O)O)C1. The number of likely N-dealkylation sites (tertiary alicyclic amines) is 1. The van der Waals surface area contributed by atoms with Crippen LogP contribution in [0.5, 0.6) is 0 Å². The first kappa shape index (κ1) is 14.6. The van der Waals surface area contributed by atoms with E-state index in [1.165, 1.54) is 4.90 Å². The molecule has 1 aliphatic rings. The molecule has 0 aliphatic carbocycles. The molecule has 0 saturated carbocycles. The molecule has 1 aliphatic heterocycles. The summed E-state index contributed by atoms with van der Waals surface area (Å²) in [6.45, 7) is 0.320. The van der Waals surface area contributed by atoms with E-state index in [1.807, 2.05) is 24.3 Å². The summed E-state index contributed by atoms with van der Waals surface area (Å²) >= 11 is 3.35. The zero-order valence-electron chi connectivity index (χ0n) is 10.8. The van der Waals surface area contributed by atoms with Crippen molar-refractivity contribution in [2.45, 2.75) is 18.9 Å². The lowest BCUT2D eigenvalue weighted by Crippen LogP contribution is -2.43. The maximum atomic E-state index is 11.9. The Balaban J connectivity index is 2.18. The van der Waals surface area contributed by atoms with Gasteiger partial charge in [-0.05, 0) is 17.7 Å². The highest BCUT2D eigenvalue weighted by molar-refractivity contribution is 9.10. The van der Waals surface area contributed by atoms with Gasteiger partial charge < -0.3 is 10.0 Å². The summed E-state index contributed by atoms with van der Waals surface area (Å²) in [6, 6.07) is 6.55. The Morgan fingerprint density at radius 1 is 1.60 bits per heavy atom. The van der Waals surface area contributed by atoms with E-state index in [0.29, 0.717) is 6.54 Å². The predicted molar refractivity (Wildman–Crippen MR) is 77.9 cm³/mol. The van der Waals surface area contributed by atoms with Crippen molar-refractivity contribution < 1.29 is 14.7 Å². The van der Waals surface area contributed by atoms with Crippen LogP contribution in [0.25, 0.3) is 0 Å². The summed E-state index contributed by atoms with van der Waals surface area (Å²) in [5.74, 6) is 1.15. The fourth-order valence-electron chi connectivity index (χ4n) is 2.36. The van der Waals surface area contributed by atoms with Crippen molar-refractivity contribution >= 4 is 27.8 Å². The first-order valence-electron chi connectivity index (χ1n) is 6.24. The van der Waals surface area contributed by atoms with Crippen LogP contribution in [0.1, 0.15) is 12.0 Å². The molecule has 5 heteroatoms. The van der Waals surface area contributed by atoms with Crippen molar-refractivity contribution in [3.63, 3.8) is 0 Å². The molecule has 1 N–H and O–H groups in total. The van der Waals surface area contributed by atoms with Gasteiger partial charge in [0.25, 0.3) is 0 Å². The number of amides is 1. The summed E-state index contributed by atoms with van der Waals surface area (Å²) in [4.78, 5) is 24.7. The van der Waals surface area contributed by atoms with Gasteiger partial charge in [-0.1, -0.05) is 28.1 Å². The summed E-state index contributed by atoms with van der Waals surface area (Å²) in [5, 5.41) is 9.38. The van der Waals surface area contributed by atoms with Crippen LogP contribution in [0, 0.1) is 18.3 Å². The van der Waals surface area contributed by atoms with Crippen molar-refractivity contribution in [2.24, 2.45) is 5.92 Å². The van der Waals surface area contributed by atoms with Crippen molar-refractivity contribution in [1.29, 1.82) is 0 Å². The fourth-order valence-corrected chi connectivity index (χ4v) is 2.81. The average molecular weight is 336 g/mol. The Labute approximate surface area is 125 Å². The molecule has 20 heavy (non-hydrogen) atoms. The molecule has 1 heterocycles. The van der Waals surface area contributed by atoms with Gasteiger partial charge in [0.2, 0.25) is 5.91 Å². The van der Waals surface area contributed by atoms with Crippen LogP contribution in [0.15, 0.2) is 28.7 Å². The van der Waals surface area contributed by atoms with Gasteiger partial charge >= 0.3 is 5.97 Å². The smallest absolute Gasteiger partial charge is 0.326 e. The number of nitrogens with zero attached hydrogens (tertiary/aromatic N) is 1. The number of hydrogen-bond acceptors (Lipinski definition) is 2. The van der Waals surface area contributed by atoms with Gasteiger partial charge in [0.05, 0.1) is 0 Å². The second kappa shape index (κ2) is 6.10. The molecule has 2 atom stereocenters. The molecule has 0 spiro atoms. The largest absolute Gasteiger partial charge is 0.480 e. The van der Waals surface area contributed by atoms with Crippen LogP contribution in [-0.4, -0.2) is 34.5 Å². The minimum atomic E-state index is -1.00. The Bertz CT molecular complexity index is 579. The third-order valence-corrected chi connectivity index (χ3v) is 3.87. The van der Waals surface area contributed by atoms with Gasteiger partial charge in [-0.2, -0.15) is 0 Å². The molecule has 0 radical (unpaired) electrons. The van der Waals surface area contributed by atoms with Gasteiger partial charge in [0.1, 0.15) is 6.04 Å². The van der Waals surface area contributed by atoms with E-state index in [2.05, 4.69) is 21.9 Å². The van der Waals surface area contributed by atoms with E-state index in [1.54, 1.807) is 0 Å². The zero-order chi connectivity index (χ0) is 14.7. The summed E-state index contributed by atoms with van der Waals surface area (Å²) in [5.41, 5.74) is 0.865. The number of hydrogen-bond donors (Lipinski definition) is 1. The first-order chi connectivity index (χ1) is 9.51. The van der Waals surface area contributed by atoms with Gasteiger partial charge in [-0.25, -0.2) is 4.79 Å². The van der Waals surface area contributed by atoms with Crippen LogP contribution < -0.4 is 0 Å². The number of carbonyl (C=O) groups is 2. The van der Waals surface area contributed by atoms with Crippen LogP contribution in [0.2, 0.25) is 0 Å². The van der Waals surface area contributed by atoms with Gasteiger partial charge in [-0.15, -0.1) is 12.3 Å². The number of terminal acetylenes is 1. The van der Waals surface area contributed by atoms with Crippen molar-refractivity contribution in [3.05, 3.63) is 34.3 Å². The maximum Gasteiger partial charge on any atom is 0.326 e. The number of halogens is 1. The third-order valence-electron chi connectivity index (χ3n) is 3.37. The lowest BCUT2D eigenvalue weighted by molar-refractivity contribution is -0.148. The van der Waals surface area contributed by atoms with Crippen LogP contribution in [-0.2, 0) is 16.0 Å². The molecular weight excluding hydrogens is 322 g/mol. The molecule has 4 nitrogen and oxygen atoms in total. The molecule has 1 fully saturated rings. The van der Waals surface area contributed by atoms with Crippen molar-refractivity contribution in [1.82, 2.24) is 4.90 Å². The summed E-state index contributed by atoms with van der Waals surface area (Å²) < 4.78 is 0.883. The first-order valence-corrected chi connectivity index (χ1v) is 7.03. The van der Waals surface area contributed by atoms with Crippen LogP contribution in [0.3, 0.4) is 0 Å². The van der Waals surface area contributed by atoms with E-state index >= 15 is 0 Å². The molecule has 1 aromatic carbocycles. The number of carboxylic acids is 1. The Kier molecular flexibility index (Phi) is 4.46. The summed E-state index contributed by atoms with van der Waals surface area (Å²) in [7, 11) is 0. The average Bonchev–Trinajstić information content (AvgIpc) is 2.77. The monoisotopic (exact) mass is 335 g/mol.